The molecule has 0 aliphatic heterocycles. The number of benzene rings is 1. The number of hydrogen-bond donors (Lipinski definition) is 1. The average Bonchev–Trinajstić information content (AvgIpc) is 2.50. The van der Waals surface area contributed by atoms with E-state index in [-0.39, 0.29) is 5.82 Å². The van der Waals surface area contributed by atoms with Crippen LogP contribution < -0.4 is 15.4 Å². The molecule has 0 spiro atoms. The lowest BCUT2D eigenvalue weighted by atomic mass is 10.2. The summed E-state index contributed by atoms with van der Waals surface area (Å²) >= 11 is 0. The number of rotatable bonds is 6. The van der Waals surface area contributed by atoms with Crippen molar-refractivity contribution in [1.29, 1.82) is 0 Å². The van der Waals surface area contributed by atoms with Crippen LogP contribution in [-0.2, 0) is 0 Å². The molecule has 1 aromatic heterocycles. The lowest BCUT2D eigenvalue weighted by Gasteiger charge is -2.24. The van der Waals surface area contributed by atoms with E-state index in [4.69, 9.17) is 10.5 Å². The van der Waals surface area contributed by atoms with E-state index in [1.807, 2.05) is 0 Å². The Hall–Kier alpha value is -2.21. The smallest absolute Gasteiger partial charge is 0.169 e. The highest BCUT2D eigenvalue weighted by Gasteiger charge is 2.16. The lowest BCUT2D eigenvalue weighted by molar-refractivity contribution is 0.415. The molecule has 0 aliphatic rings. The van der Waals surface area contributed by atoms with Crippen LogP contribution in [0.5, 0.6) is 5.75 Å². The van der Waals surface area contributed by atoms with Gasteiger partial charge in [0, 0.05) is 18.3 Å². The number of methoxy groups -OCH3 is 1. The molecule has 6 heteroatoms. The van der Waals surface area contributed by atoms with Crippen LogP contribution in [0.4, 0.5) is 20.3 Å². The Kier molecular flexibility index (Phi) is 5.05. The van der Waals surface area contributed by atoms with Gasteiger partial charge in [-0.15, -0.1) is 0 Å². The minimum atomic E-state index is -0.706. The van der Waals surface area contributed by atoms with Crippen LogP contribution in [0, 0.1) is 11.6 Å². The molecular weight excluding hydrogens is 276 g/mol. The zero-order chi connectivity index (χ0) is 15.2. The minimum absolute atomic E-state index is 0.0787. The number of anilines is 2. The van der Waals surface area contributed by atoms with Gasteiger partial charge in [-0.25, -0.2) is 13.8 Å². The molecule has 2 N–H and O–H groups in total. The topological polar surface area (TPSA) is 51.4 Å². The van der Waals surface area contributed by atoms with Crippen LogP contribution in [-0.4, -0.2) is 25.2 Å². The standard InChI is InChI=1S/C15H17F2N3O/c1-21-13-5-3-12(4-6-13)20(8-2-7-18)15-14(17)9-11(16)10-19-15/h3-6,9-10H,2,7-8,18H2,1H3. The van der Waals surface area contributed by atoms with Crippen molar-refractivity contribution >= 4 is 11.5 Å². The molecule has 0 saturated heterocycles. The summed E-state index contributed by atoms with van der Waals surface area (Å²) in [7, 11) is 1.57. The summed E-state index contributed by atoms with van der Waals surface area (Å²) in [5.41, 5.74) is 6.26. The number of pyridine rings is 1. The van der Waals surface area contributed by atoms with Crippen LogP contribution in [0.3, 0.4) is 0 Å². The van der Waals surface area contributed by atoms with E-state index in [1.54, 1.807) is 36.3 Å². The van der Waals surface area contributed by atoms with Crippen LogP contribution >= 0.6 is 0 Å². The second-order valence-corrected chi connectivity index (χ2v) is 4.45. The molecule has 0 unspecified atom stereocenters. The Morgan fingerprint density at radius 2 is 1.95 bits per heavy atom. The summed E-state index contributed by atoms with van der Waals surface area (Å²) in [4.78, 5) is 5.52. The highest BCUT2D eigenvalue weighted by molar-refractivity contribution is 5.61. The summed E-state index contributed by atoms with van der Waals surface area (Å²) in [5, 5.41) is 0. The molecule has 2 rings (SSSR count). The molecule has 0 radical (unpaired) electrons. The Morgan fingerprint density at radius 3 is 2.52 bits per heavy atom. The van der Waals surface area contributed by atoms with Crippen LogP contribution in [0.2, 0.25) is 0 Å². The van der Waals surface area contributed by atoms with Gasteiger partial charge in [0.2, 0.25) is 0 Å². The Morgan fingerprint density at radius 1 is 1.24 bits per heavy atom. The normalized spacial score (nSPS) is 10.5. The van der Waals surface area contributed by atoms with Gasteiger partial charge < -0.3 is 15.4 Å². The third kappa shape index (κ3) is 3.66. The van der Waals surface area contributed by atoms with E-state index < -0.39 is 11.6 Å². The minimum Gasteiger partial charge on any atom is -0.497 e. The van der Waals surface area contributed by atoms with E-state index in [1.165, 1.54) is 0 Å². The predicted molar refractivity (Wildman–Crippen MR) is 77.8 cm³/mol. The molecule has 0 bridgehead atoms. The number of nitrogens with zero attached hydrogens (tertiary/aromatic N) is 2. The monoisotopic (exact) mass is 293 g/mol. The van der Waals surface area contributed by atoms with Gasteiger partial charge in [0.05, 0.1) is 13.3 Å². The number of ether oxygens (including phenoxy) is 1. The van der Waals surface area contributed by atoms with Crippen molar-refractivity contribution in [3.63, 3.8) is 0 Å². The maximum Gasteiger partial charge on any atom is 0.169 e. The molecule has 0 amide bonds. The lowest BCUT2D eigenvalue weighted by Crippen LogP contribution is -2.23. The molecule has 0 saturated carbocycles. The second-order valence-electron chi connectivity index (χ2n) is 4.45. The fraction of sp³-hybridized carbons (Fsp3) is 0.267. The molecule has 4 nitrogen and oxygen atoms in total. The fourth-order valence-electron chi connectivity index (χ4n) is 1.97. The van der Waals surface area contributed by atoms with Crippen molar-refractivity contribution in [2.45, 2.75) is 6.42 Å². The largest absolute Gasteiger partial charge is 0.497 e. The summed E-state index contributed by atoms with van der Waals surface area (Å²) in [6.07, 6.45) is 1.65. The highest BCUT2D eigenvalue weighted by Crippen LogP contribution is 2.28. The van der Waals surface area contributed by atoms with Gasteiger partial charge in [-0.1, -0.05) is 0 Å². The third-order valence-electron chi connectivity index (χ3n) is 3.01. The van der Waals surface area contributed by atoms with E-state index in [2.05, 4.69) is 4.98 Å². The van der Waals surface area contributed by atoms with Crippen LogP contribution in [0.15, 0.2) is 36.5 Å². The van der Waals surface area contributed by atoms with Gasteiger partial charge in [-0.3, -0.25) is 0 Å². The first kappa shape index (κ1) is 15.2. The average molecular weight is 293 g/mol. The Bertz CT molecular complexity index is 590. The molecular formula is C15H17F2N3O. The maximum absolute atomic E-state index is 14.0. The van der Waals surface area contributed by atoms with Crippen molar-refractivity contribution in [2.75, 3.05) is 25.1 Å². The Labute approximate surface area is 122 Å². The molecule has 1 heterocycles. The highest BCUT2D eigenvalue weighted by atomic mass is 19.1. The maximum atomic E-state index is 14.0. The molecule has 2 aromatic rings. The number of nitrogens with two attached hydrogens (primary N) is 1. The van der Waals surface area contributed by atoms with Crippen molar-refractivity contribution in [1.82, 2.24) is 4.98 Å². The molecule has 1 aromatic carbocycles. The first-order valence-electron chi connectivity index (χ1n) is 6.58. The van der Waals surface area contributed by atoms with Crippen molar-refractivity contribution < 1.29 is 13.5 Å². The summed E-state index contributed by atoms with van der Waals surface area (Å²) in [6.45, 7) is 0.952. The summed E-state index contributed by atoms with van der Waals surface area (Å²) in [5.74, 6) is -0.632. The Balaban J connectivity index is 2.36. The van der Waals surface area contributed by atoms with Gasteiger partial charge in [-0.2, -0.15) is 0 Å². The van der Waals surface area contributed by atoms with E-state index in [0.29, 0.717) is 25.3 Å². The third-order valence-corrected chi connectivity index (χ3v) is 3.01. The zero-order valence-corrected chi connectivity index (χ0v) is 11.7. The number of hydrogen-bond acceptors (Lipinski definition) is 4. The molecule has 0 fully saturated rings. The molecule has 0 atom stereocenters. The van der Waals surface area contributed by atoms with Gasteiger partial charge in [-0.05, 0) is 37.2 Å². The molecule has 0 aliphatic carbocycles. The van der Waals surface area contributed by atoms with Gasteiger partial charge in [0.15, 0.2) is 11.6 Å². The quantitative estimate of drug-likeness (QED) is 0.890. The predicted octanol–water partition coefficient (Wildman–Crippen LogP) is 2.86. The van der Waals surface area contributed by atoms with Gasteiger partial charge in [0.25, 0.3) is 0 Å². The number of aromatic nitrogens is 1. The first-order valence-corrected chi connectivity index (χ1v) is 6.58. The first-order chi connectivity index (χ1) is 10.2. The summed E-state index contributed by atoms with van der Waals surface area (Å²) in [6, 6.07) is 7.94. The zero-order valence-electron chi connectivity index (χ0n) is 11.7. The van der Waals surface area contributed by atoms with Crippen LogP contribution in [0.1, 0.15) is 6.42 Å². The molecule has 21 heavy (non-hydrogen) atoms. The van der Waals surface area contributed by atoms with Crippen molar-refractivity contribution in [3.8, 4) is 5.75 Å². The van der Waals surface area contributed by atoms with Gasteiger partial charge in [0.1, 0.15) is 11.6 Å². The summed E-state index contributed by atoms with van der Waals surface area (Å²) < 4.78 is 32.1. The molecule has 112 valence electrons. The van der Waals surface area contributed by atoms with Crippen LogP contribution in [0.25, 0.3) is 0 Å². The second kappa shape index (κ2) is 6.99. The van der Waals surface area contributed by atoms with E-state index in [9.17, 15) is 8.78 Å². The fourth-order valence-corrected chi connectivity index (χ4v) is 1.97. The van der Waals surface area contributed by atoms with E-state index in [0.717, 1.165) is 18.0 Å². The van der Waals surface area contributed by atoms with E-state index >= 15 is 0 Å². The van der Waals surface area contributed by atoms with Crippen molar-refractivity contribution in [3.05, 3.63) is 48.2 Å². The van der Waals surface area contributed by atoms with Crippen molar-refractivity contribution in [2.24, 2.45) is 5.73 Å². The number of halogens is 2. The SMILES string of the molecule is COc1ccc(N(CCCN)c2ncc(F)cc2F)cc1. The van der Waals surface area contributed by atoms with Gasteiger partial charge >= 0.3 is 0 Å².